The Bertz CT molecular complexity index is 324. The molecule has 2 aromatic rings. The molecule has 2 heterocycles. The molecule has 0 aliphatic carbocycles. The molecule has 10 heavy (non-hydrogen) atoms. The Labute approximate surface area is 62.5 Å². The Hall–Kier alpha value is -0.900. The van der Waals surface area contributed by atoms with Crippen LogP contribution in [0.2, 0.25) is 0 Å². The Balaban J connectivity index is 2.95. The van der Waals surface area contributed by atoms with Gasteiger partial charge in [0.25, 0.3) is 0 Å². The van der Waals surface area contributed by atoms with E-state index in [1.54, 1.807) is 4.68 Å². The SMILES string of the molecule is Cc1snc2c1cnn2C. The average molecular weight is 153 g/mol. The first kappa shape index (κ1) is 5.85. The highest BCUT2D eigenvalue weighted by atomic mass is 32.1. The highest BCUT2D eigenvalue weighted by molar-refractivity contribution is 7.07. The summed E-state index contributed by atoms with van der Waals surface area (Å²) in [5, 5.41) is 5.25. The van der Waals surface area contributed by atoms with Crippen molar-refractivity contribution >= 4 is 22.6 Å². The zero-order chi connectivity index (χ0) is 7.14. The molecule has 0 aromatic carbocycles. The van der Waals surface area contributed by atoms with Gasteiger partial charge in [-0.15, -0.1) is 0 Å². The third kappa shape index (κ3) is 0.593. The molecular formula is C6H7N3S. The van der Waals surface area contributed by atoms with Gasteiger partial charge in [0.05, 0.1) is 11.6 Å². The number of aryl methyl sites for hydroxylation is 2. The summed E-state index contributed by atoms with van der Waals surface area (Å²) in [4.78, 5) is 1.24. The maximum absolute atomic E-state index is 4.22. The number of hydrogen-bond donors (Lipinski definition) is 0. The van der Waals surface area contributed by atoms with Gasteiger partial charge in [0, 0.05) is 11.9 Å². The van der Waals surface area contributed by atoms with Crippen molar-refractivity contribution in [3.63, 3.8) is 0 Å². The smallest absolute Gasteiger partial charge is 0.171 e. The van der Waals surface area contributed by atoms with Gasteiger partial charge >= 0.3 is 0 Å². The van der Waals surface area contributed by atoms with Crippen molar-refractivity contribution in [1.82, 2.24) is 14.2 Å². The summed E-state index contributed by atoms with van der Waals surface area (Å²) in [6.45, 7) is 2.06. The number of nitrogens with zero attached hydrogens (tertiary/aromatic N) is 3. The first-order valence-electron chi connectivity index (χ1n) is 3.03. The fraction of sp³-hybridized carbons (Fsp3) is 0.333. The molecule has 0 spiro atoms. The summed E-state index contributed by atoms with van der Waals surface area (Å²) >= 11 is 1.53. The van der Waals surface area contributed by atoms with Crippen LogP contribution < -0.4 is 0 Å². The van der Waals surface area contributed by atoms with Crippen LogP contribution in [0.5, 0.6) is 0 Å². The summed E-state index contributed by atoms with van der Waals surface area (Å²) < 4.78 is 6.01. The van der Waals surface area contributed by atoms with Crippen LogP contribution in [0.15, 0.2) is 6.20 Å². The Morgan fingerprint density at radius 2 is 2.40 bits per heavy atom. The second-order valence-corrected chi connectivity index (χ2v) is 3.22. The molecular weight excluding hydrogens is 146 g/mol. The van der Waals surface area contributed by atoms with Crippen molar-refractivity contribution in [1.29, 1.82) is 0 Å². The normalized spacial score (nSPS) is 11.0. The minimum absolute atomic E-state index is 0.988. The van der Waals surface area contributed by atoms with Crippen LogP contribution >= 0.6 is 11.5 Å². The number of aromatic nitrogens is 3. The molecule has 3 nitrogen and oxygen atoms in total. The van der Waals surface area contributed by atoms with Crippen LogP contribution in [0, 0.1) is 6.92 Å². The lowest BCUT2D eigenvalue weighted by atomic mass is 10.4. The van der Waals surface area contributed by atoms with Gasteiger partial charge in [-0.1, -0.05) is 0 Å². The maximum atomic E-state index is 4.22. The van der Waals surface area contributed by atoms with Crippen molar-refractivity contribution in [3.8, 4) is 0 Å². The summed E-state index contributed by atoms with van der Waals surface area (Å²) in [5.41, 5.74) is 0.988. The van der Waals surface area contributed by atoms with E-state index in [9.17, 15) is 0 Å². The van der Waals surface area contributed by atoms with Crippen molar-refractivity contribution in [3.05, 3.63) is 11.1 Å². The van der Waals surface area contributed by atoms with Gasteiger partial charge < -0.3 is 0 Å². The Kier molecular flexibility index (Phi) is 1.05. The number of fused-ring (bicyclic) bond motifs is 1. The molecule has 0 radical (unpaired) electrons. The lowest BCUT2D eigenvalue weighted by Crippen LogP contribution is -1.87. The average Bonchev–Trinajstić information content (AvgIpc) is 2.41. The molecule has 0 N–H and O–H groups in total. The van der Waals surface area contributed by atoms with E-state index in [0.29, 0.717) is 0 Å². The molecule has 0 aliphatic heterocycles. The third-order valence-corrected chi connectivity index (χ3v) is 2.31. The van der Waals surface area contributed by atoms with Crippen LogP contribution in [-0.2, 0) is 7.05 Å². The zero-order valence-electron chi connectivity index (χ0n) is 5.83. The van der Waals surface area contributed by atoms with E-state index in [1.807, 2.05) is 13.2 Å². The standard InChI is InChI=1S/C6H7N3S/c1-4-5-3-7-9(2)6(5)8-10-4/h3H,1-2H3. The fourth-order valence-electron chi connectivity index (χ4n) is 0.949. The molecule has 0 bridgehead atoms. The zero-order valence-corrected chi connectivity index (χ0v) is 6.64. The minimum Gasteiger partial charge on any atom is -0.250 e. The molecule has 0 saturated heterocycles. The molecule has 0 atom stereocenters. The summed E-state index contributed by atoms with van der Waals surface area (Å²) in [6.07, 6.45) is 1.86. The second-order valence-electron chi connectivity index (χ2n) is 2.24. The van der Waals surface area contributed by atoms with Crippen LogP contribution in [0.25, 0.3) is 11.0 Å². The number of rotatable bonds is 0. The third-order valence-electron chi connectivity index (χ3n) is 1.56. The molecule has 2 aromatic heterocycles. The first-order chi connectivity index (χ1) is 4.79. The first-order valence-corrected chi connectivity index (χ1v) is 3.80. The van der Waals surface area contributed by atoms with Crippen LogP contribution in [0.4, 0.5) is 0 Å². The van der Waals surface area contributed by atoms with Gasteiger partial charge in [0.2, 0.25) is 0 Å². The van der Waals surface area contributed by atoms with E-state index in [4.69, 9.17) is 0 Å². The van der Waals surface area contributed by atoms with Crippen molar-refractivity contribution in [2.24, 2.45) is 7.05 Å². The summed E-state index contributed by atoms with van der Waals surface area (Å²) in [5.74, 6) is 0. The van der Waals surface area contributed by atoms with Gasteiger partial charge in [-0.05, 0) is 18.5 Å². The van der Waals surface area contributed by atoms with Gasteiger partial charge in [-0.2, -0.15) is 9.47 Å². The van der Waals surface area contributed by atoms with Crippen LogP contribution in [0.3, 0.4) is 0 Å². The summed E-state index contributed by atoms with van der Waals surface area (Å²) in [6, 6.07) is 0. The Morgan fingerprint density at radius 3 is 3.10 bits per heavy atom. The van der Waals surface area contributed by atoms with Crippen molar-refractivity contribution in [2.45, 2.75) is 6.92 Å². The predicted molar refractivity (Wildman–Crippen MR) is 41.1 cm³/mol. The van der Waals surface area contributed by atoms with E-state index >= 15 is 0 Å². The molecule has 2 rings (SSSR count). The van der Waals surface area contributed by atoms with Gasteiger partial charge in [-0.3, -0.25) is 0 Å². The lowest BCUT2D eigenvalue weighted by molar-refractivity contribution is 0.789. The van der Waals surface area contributed by atoms with E-state index < -0.39 is 0 Å². The van der Waals surface area contributed by atoms with E-state index in [-0.39, 0.29) is 0 Å². The summed E-state index contributed by atoms with van der Waals surface area (Å²) in [7, 11) is 1.90. The van der Waals surface area contributed by atoms with E-state index in [2.05, 4.69) is 16.4 Å². The fourth-order valence-corrected chi connectivity index (χ4v) is 1.63. The number of hydrogen-bond acceptors (Lipinski definition) is 3. The Morgan fingerprint density at radius 1 is 1.60 bits per heavy atom. The molecule has 0 unspecified atom stereocenters. The van der Waals surface area contributed by atoms with Crippen molar-refractivity contribution < 1.29 is 0 Å². The molecule has 52 valence electrons. The molecule has 4 heteroatoms. The topological polar surface area (TPSA) is 30.7 Å². The monoisotopic (exact) mass is 153 g/mol. The molecule has 0 fully saturated rings. The van der Waals surface area contributed by atoms with Crippen LogP contribution in [-0.4, -0.2) is 14.2 Å². The highest BCUT2D eigenvalue weighted by Crippen LogP contribution is 2.19. The molecule has 0 amide bonds. The van der Waals surface area contributed by atoms with Gasteiger partial charge in [-0.25, -0.2) is 4.68 Å². The molecule has 0 saturated carbocycles. The van der Waals surface area contributed by atoms with E-state index in [0.717, 1.165) is 5.65 Å². The largest absolute Gasteiger partial charge is 0.250 e. The highest BCUT2D eigenvalue weighted by Gasteiger charge is 2.04. The van der Waals surface area contributed by atoms with Crippen molar-refractivity contribution in [2.75, 3.05) is 0 Å². The van der Waals surface area contributed by atoms with Gasteiger partial charge in [0.15, 0.2) is 5.65 Å². The maximum Gasteiger partial charge on any atom is 0.171 e. The second kappa shape index (κ2) is 1.79. The predicted octanol–water partition coefficient (Wildman–Crippen LogP) is 1.34. The minimum atomic E-state index is 0.988. The molecule has 0 aliphatic rings. The van der Waals surface area contributed by atoms with Gasteiger partial charge in [0.1, 0.15) is 0 Å². The van der Waals surface area contributed by atoms with Crippen LogP contribution in [0.1, 0.15) is 4.88 Å². The quantitative estimate of drug-likeness (QED) is 0.571. The lowest BCUT2D eigenvalue weighted by Gasteiger charge is -1.82. The van der Waals surface area contributed by atoms with E-state index in [1.165, 1.54) is 21.8 Å².